The summed E-state index contributed by atoms with van der Waals surface area (Å²) in [5.74, 6) is -0.437. The molecule has 1 aliphatic rings. The zero-order valence-corrected chi connectivity index (χ0v) is 10.4. The Morgan fingerprint density at radius 2 is 1.95 bits per heavy atom. The second-order valence-corrected chi connectivity index (χ2v) is 4.65. The number of aryl methyl sites for hydroxylation is 1. The van der Waals surface area contributed by atoms with Gasteiger partial charge >= 0.3 is 0 Å². The molecule has 0 saturated heterocycles. The number of rotatable bonds is 2. The average molecular weight is 257 g/mol. The minimum absolute atomic E-state index is 0.143. The molecule has 1 heterocycles. The van der Waals surface area contributed by atoms with Crippen LogP contribution < -0.4 is 0 Å². The Labute approximate surface area is 110 Å². The fourth-order valence-corrected chi connectivity index (χ4v) is 2.35. The molecule has 0 aliphatic carbocycles. The topological polar surface area (TPSA) is 29.5 Å². The van der Waals surface area contributed by atoms with Gasteiger partial charge in [0.25, 0.3) is 5.91 Å². The predicted octanol–water partition coefficient (Wildman–Crippen LogP) is 3.43. The number of nitrogens with zero attached hydrogens (tertiary/aromatic N) is 1. The van der Waals surface area contributed by atoms with Gasteiger partial charge in [0.15, 0.2) is 0 Å². The Morgan fingerprint density at radius 3 is 2.68 bits per heavy atom. The molecule has 4 heteroatoms. The maximum Gasteiger partial charge on any atom is 0.280 e. The van der Waals surface area contributed by atoms with Crippen molar-refractivity contribution in [2.45, 2.75) is 13.5 Å². The molecule has 1 aliphatic heterocycles. The third-order valence-corrected chi connectivity index (χ3v) is 3.31. The van der Waals surface area contributed by atoms with Crippen LogP contribution in [0.4, 0.5) is 4.53 Å². The summed E-state index contributed by atoms with van der Waals surface area (Å²) in [4.78, 5) is 11.7. The highest BCUT2D eigenvalue weighted by atomic mass is 19.3. The molecular weight excluding hydrogens is 245 g/mol. The maximum absolute atomic E-state index is 12.2. The predicted molar refractivity (Wildman–Crippen MR) is 68.7 cm³/mol. The lowest BCUT2D eigenvalue weighted by atomic mass is 9.99. The molecule has 19 heavy (non-hydrogen) atoms. The van der Waals surface area contributed by atoms with Crippen LogP contribution in [-0.2, 0) is 11.6 Å². The molecule has 0 atom stereocenters. The van der Waals surface area contributed by atoms with Gasteiger partial charge in [0.1, 0.15) is 0 Å². The van der Waals surface area contributed by atoms with E-state index in [0.717, 1.165) is 16.7 Å². The monoisotopic (exact) mass is 257 g/mol. The highest BCUT2D eigenvalue weighted by Crippen LogP contribution is 2.29. The van der Waals surface area contributed by atoms with Crippen molar-refractivity contribution in [2.75, 3.05) is 0 Å². The number of amides is 1. The molecule has 1 amide bonds. The second kappa shape index (κ2) is 4.48. The molecule has 0 N–H and O–H groups in total. The van der Waals surface area contributed by atoms with Crippen LogP contribution in [0.25, 0.3) is 11.1 Å². The molecule has 3 rings (SSSR count). The molecule has 0 saturated carbocycles. The lowest BCUT2D eigenvalue weighted by Crippen LogP contribution is -2.20. The molecule has 0 spiro atoms. The molecule has 0 radical (unpaired) electrons. The minimum Gasteiger partial charge on any atom is -0.267 e. The van der Waals surface area contributed by atoms with E-state index in [1.54, 1.807) is 6.07 Å². The number of carbonyl (C=O) groups excluding carboxylic acids is 1. The average Bonchev–Trinajstić information content (AvgIpc) is 2.75. The molecule has 0 fully saturated rings. The van der Waals surface area contributed by atoms with Gasteiger partial charge in [-0.2, -0.15) is 5.06 Å². The van der Waals surface area contributed by atoms with Crippen LogP contribution in [0.15, 0.2) is 42.5 Å². The number of hydrogen-bond donors (Lipinski definition) is 0. The van der Waals surface area contributed by atoms with E-state index >= 15 is 0 Å². The standard InChI is InChI=1S/C15H12FNO2/c1-10-3-2-4-11(7-10)12-5-6-14-13(8-12)9-17(19-16)15(14)18/h2-8H,9H2,1H3. The van der Waals surface area contributed by atoms with Crippen molar-refractivity contribution in [3.63, 3.8) is 0 Å². The SMILES string of the molecule is Cc1cccc(-c2ccc3c(c2)CN(OF)C3=O)c1. The summed E-state index contributed by atoms with van der Waals surface area (Å²) >= 11 is 0. The molecule has 0 unspecified atom stereocenters. The first-order valence-electron chi connectivity index (χ1n) is 5.99. The van der Waals surface area contributed by atoms with Crippen LogP contribution in [0.2, 0.25) is 0 Å². The Balaban J connectivity index is 2.02. The summed E-state index contributed by atoms with van der Waals surface area (Å²) in [7, 11) is 0. The van der Waals surface area contributed by atoms with Crippen LogP contribution in [0.1, 0.15) is 21.5 Å². The van der Waals surface area contributed by atoms with Crippen molar-refractivity contribution in [1.29, 1.82) is 0 Å². The smallest absolute Gasteiger partial charge is 0.267 e. The van der Waals surface area contributed by atoms with E-state index < -0.39 is 5.91 Å². The van der Waals surface area contributed by atoms with Crippen LogP contribution in [0.5, 0.6) is 0 Å². The minimum atomic E-state index is -0.437. The molecule has 96 valence electrons. The van der Waals surface area contributed by atoms with Gasteiger partial charge in [0, 0.05) is 5.56 Å². The fraction of sp³-hybridized carbons (Fsp3) is 0.133. The lowest BCUT2D eigenvalue weighted by Gasteiger charge is -2.05. The maximum atomic E-state index is 12.2. The molecule has 2 aromatic carbocycles. The highest BCUT2D eigenvalue weighted by molar-refractivity contribution is 5.98. The van der Waals surface area contributed by atoms with E-state index in [4.69, 9.17) is 0 Å². The van der Waals surface area contributed by atoms with Gasteiger partial charge in [0.05, 0.1) is 6.54 Å². The number of fused-ring (bicyclic) bond motifs is 1. The van der Waals surface area contributed by atoms with E-state index in [1.165, 1.54) is 5.56 Å². The number of benzene rings is 2. The summed E-state index contributed by atoms with van der Waals surface area (Å²) < 4.78 is 12.2. The largest absolute Gasteiger partial charge is 0.280 e. The van der Waals surface area contributed by atoms with E-state index in [1.807, 2.05) is 37.3 Å². The van der Waals surface area contributed by atoms with E-state index in [-0.39, 0.29) is 6.54 Å². The quantitative estimate of drug-likeness (QED) is 0.824. The van der Waals surface area contributed by atoms with Gasteiger partial charge in [0.2, 0.25) is 0 Å². The van der Waals surface area contributed by atoms with Crippen molar-refractivity contribution in [3.8, 4) is 11.1 Å². The molecule has 0 bridgehead atoms. The van der Waals surface area contributed by atoms with Crippen molar-refractivity contribution >= 4 is 5.91 Å². The normalized spacial score (nSPS) is 13.8. The molecule has 0 aromatic heterocycles. The number of halogens is 1. The number of carbonyl (C=O) groups is 1. The van der Waals surface area contributed by atoms with Crippen molar-refractivity contribution < 1.29 is 14.4 Å². The zero-order valence-electron chi connectivity index (χ0n) is 10.4. The summed E-state index contributed by atoms with van der Waals surface area (Å²) in [5.41, 5.74) is 4.53. The third kappa shape index (κ3) is 2.00. The summed E-state index contributed by atoms with van der Waals surface area (Å²) in [5, 5.41) is 4.27. The third-order valence-electron chi connectivity index (χ3n) is 3.31. The van der Waals surface area contributed by atoms with Gasteiger partial charge in [-0.1, -0.05) is 40.9 Å². The molecule has 2 aromatic rings. The first kappa shape index (κ1) is 11.9. The summed E-state index contributed by atoms with van der Waals surface area (Å²) in [6.45, 7) is 2.17. The van der Waals surface area contributed by atoms with Crippen LogP contribution in [0, 0.1) is 6.92 Å². The highest BCUT2D eigenvalue weighted by Gasteiger charge is 2.29. The van der Waals surface area contributed by atoms with Crippen LogP contribution in [-0.4, -0.2) is 11.0 Å². The molecule has 3 nitrogen and oxygen atoms in total. The number of hydroxylamine groups is 2. The van der Waals surface area contributed by atoms with E-state index in [0.29, 0.717) is 10.6 Å². The van der Waals surface area contributed by atoms with Gasteiger partial charge in [-0.25, -0.2) is 0 Å². The fourth-order valence-electron chi connectivity index (χ4n) is 2.35. The number of hydrogen-bond acceptors (Lipinski definition) is 2. The van der Waals surface area contributed by atoms with Gasteiger partial charge < -0.3 is 0 Å². The first-order valence-corrected chi connectivity index (χ1v) is 5.99. The van der Waals surface area contributed by atoms with Crippen molar-refractivity contribution in [2.24, 2.45) is 0 Å². The van der Waals surface area contributed by atoms with Gasteiger partial charge in [-0.15, -0.1) is 0 Å². The summed E-state index contributed by atoms with van der Waals surface area (Å²) in [6, 6.07) is 13.6. The molecular formula is C15H12FNO2. The van der Waals surface area contributed by atoms with Crippen molar-refractivity contribution in [1.82, 2.24) is 5.06 Å². The summed E-state index contributed by atoms with van der Waals surface area (Å²) in [6.07, 6.45) is 0. The van der Waals surface area contributed by atoms with Crippen molar-refractivity contribution in [3.05, 3.63) is 59.2 Å². The van der Waals surface area contributed by atoms with Gasteiger partial charge in [-0.05, 0) is 40.3 Å². The Bertz CT molecular complexity index is 654. The van der Waals surface area contributed by atoms with E-state index in [2.05, 4.69) is 11.1 Å². The zero-order chi connectivity index (χ0) is 13.4. The Morgan fingerprint density at radius 1 is 1.16 bits per heavy atom. The van der Waals surface area contributed by atoms with Crippen LogP contribution in [0.3, 0.4) is 0 Å². The van der Waals surface area contributed by atoms with E-state index in [9.17, 15) is 9.32 Å². The van der Waals surface area contributed by atoms with Crippen LogP contribution >= 0.6 is 0 Å². The first-order chi connectivity index (χ1) is 9.19. The second-order valence-electron chi connectivity index (χ2n) is 4.65. The Kier molecular flexibility index (Phi) is 2.80. The lowest BCUT2D eigenvalue weighted by molar-refractivity contribution is -0.294. The Hall–Kier alpha value is -2.20. The van der Waals surface area contributed by atoms with Gasteiger partial charge in [-0.3, -0.25) is 4.79 Å².